The Labute approximate surface area is 143 Å². The van der Waals surface area contributed by atoms with E-state index in [2.05, 4.69) is 10.4 Å². The normalized spacial score (nSPS) is 17.8. The minimum atomic E-state index is -0.0733. The number of urea groups is 1. The monoisotopic (exact) mass is 333 g/mol. The summed E-state index contributed by atoms with van der Waals surface area (Å²) in [5, 5.41) is 7.42. The summed E-state index contributed by atoms with van der Waals surface area (Å²) < 4.78 is 1.81. The molecule has 3 amide bonds. The van der Waals surface area contributed by atoms with Crippen molar-refractivity contribution in [3.8, 4) is 0 Å². The van der Waals surface area contributed by atoms with Crippen LogP contribution in [-0.2, 0) is 20.0 Å². The van der Waals surface area contributed by atoms with Crippen LogP contribution in [0.15, 0.2) is 0 Å². The molecule has 0 spiro atoms. The van der Waals surface area contributed by atoms with Crippen molar-refractivity contribution < 1.29 is 9.59 Å². The molecule has 1 fully saturated rings. The summed E-state index contributed by atoms with van der Waals surface area (Å²) in [5.74, 6) is 0.0117. The molecule has 3 rings (SSSR count). The molecule has 2 aliphatic rings. The number of nitrogens with zero attached hydrogens (tertiary/aromatic N) is 4. The molecule has 2 aliphatic heterocycles. The van der Waals surface area contributed by atoms with E-state index in [1.54, 1.807) is 4.90 Å². The highest BCUT2D eigenvalue weighted by molar-refractivity contribution is 5.94. The van der Waals surface area contributed by atoms with Gasteiger partial charge in [0.15, 0.2) is 5.69 Å². The zero-order chi connectivity index (χ0) is 17.3. The van der Waals surface area contributed by atoms with Gasteiger partial charge in [-0.25, -0.2) is 4.79 Å². The number of hydrogen-bond donors (Lipinski definition) is 1. The van der Waals surface area contributed by atoms with Crippen LogP contribution >= 0.6 is 0 Å². The fourth-order valence-electron chi connectivity index (χ4n) is 3.52. The third-order valence-electron chi connectivity index (χ3n) is 4.79. The van der Waals surface area contributed by atoms with E-state index in [1.165, 1.54) is 6.42 Å². The van der Waals surface area contributed by atoms with Gasteiger partial charge in [-0.3, -0.25) is 9.48 Å². The van der Waals surface area contributed by atoms with Crippen LogP contribution in [0.2, 0.25) is 0 Å². The summed E-state index contributed by atoms with van der Waals surface area (Å²) in [6, 6.07) is 0.0260. The zero-order valence-corrected chi connectivity index (χ0v) is 14.8. The third-order valence-corrected chi connectivity index (χ3v) is 4.79. The van der Waals surface area contributed by atoms with Crippen molar-refractivity contribution >= 4 is 11.9 Å². The molecule has 7 nitrogen and oxygen atoms in total. The van der Waals surface area contributed by atoms with Crippen LogP contribution in [-0.4, -0.2) is 57.2 Å². The lowest BCUT2D eigenvalue weighted by molar-refractivity contribution is 0.0715. The first-order chi connectivity index (χ1) is 11.5. The van der Waals surface area contributed by atoms with Gasteiger partial charge in [-0.05, 0) is 33.1 Å². The predicted molar refractivity (Wildman–Crippen MR) is 90.7 cm³/mol. The molecule has 1 saturated heterocycles. The van der Waals surface area contributed by atoms with Crippen molar-refractivity contribution in [1.82, 2.24) is 24.9 Å². The van der Waals surface area contributed by atoms with Crippen molar-refractivity contribution in [2.24, 2.45) is 7.05 Å². The van der Waals surface area contributed by atoms with Crippen molar-refractivity contribution in [3.05, 3.63) is 17.0 Å². The van der Waals surface area contributed by atoms with Crippen LogP contribution < -0.4 is 5.32 Å². The molecular weight excluding hydrogens is 306 g/mol. The molecule has 1 aromatic rings. The van der Waals surface area contributed by atoms with Crippen LogP contribution in [0.25, 0.3) is 0 Å². The zero-order valence-electron chi connectivity index (χ0n) is 14.8. The maximum Gasteiger partial charge on any atom is 0.317 e. The number of hydrogen-bond acceptors (Lipinski definition) is 3. The minimum absolute atomic E-state index is 0.0117. The molecule has 0 aromatic carbocycles. The quantitative estimate of drug-likeness (QED) is 0.892. The number of carbonyl (C=O) groups is 2. The number of fused-ring (bicyclic) bond motifs is 1. The van der Waals surface area contributed by atoms with Crippen molar-refractivity contribution in [1.29, 1.82) is 0 Å². The molecule has 7 heteroatoms. The average molecular weight is 333 g/mol. The Balaban J connectivity index is 1.81. The first-order valence-electron chi connectivity index (χ1n) is 8.87. The fourth-order valence-corrected chi connectivity index (χ4v) is 3.52. The van der Waals surface area contributed by atoms with Gasteiger partial charge >= 0.3 is 6.03 Å². The van der Waals surface area contributed by atoms with E-state index in [0.29, 0.717) is 18.8 Å². The molecule has 3 heterocycles. The second-order valence-electron chi connectivity index (χ2n) is 7.03. The fraction of sp³-hybridized carbons (Fsp3) is 0.706. The molecule has 0 aliphatic carbocycles. The SMILES string of the molecule is CC(C)NC(=O)N1CCc2c(c(C(=O)N3CCCCC3)nn2C)C1. The van der Waals surface area contributed by atoms with Gasteiger partial charge in [0.25, 0.3) is 5.91 Å². The van der Waals surface area contributed by atoms with Gasteiger partial charge in [0.1, 0.15) is 0 Å². The number of likely N-dealkylation sites (tertiary alicyclic amines) is 1. The summed E-state index contributed by atoms with van der Waals surface area (Å²) in [6.07, 6.45) is 4.04. The van der Waals surface area contributed by atoms with E-state index in [9.17, 15) is 9.59 Å². The lowest BCUT2D eigenvalue weighted by Crippen LogP contribution is -2.45. The van der Waals surface area contributed by atoms with Crippen LogP contribution in [0.5, 0.6) is 0 Å². The van der Waals surface area contributed by atoms with Gasteiger partial charge in [0, 0.05) is 50.4 Å². The molecule has 24 heavy (non-hydrogen) atoms. The summed E-state index contributed by atoms with van der Waals surface area (Å²) in [7, 11) is 1.88. The largest absolute Gasteiger partial charge is 0.337 e. The Morgan fingerprint density at radius 1 is 1.08 bits per heavy atom. The topological polar surface area (TPSA) is 70.5 Å². The molecule has 0 radical (unpaired) electrons. The molecular formula is C17H27N5O2. The maximum absolute atomic E-state index is 12.9. The molecule has 0 saturated carbocycles. The molecule has 132 valence electrons. The van der Waals surface area contributed by atoms with E-state index >= 15 is 0 Å². The summed E-state index contributed by atoms with van der Waals surface area (Å²) >= 11 is 0. The Morgan fingerprint density at radius 2 is 1.79 bits per heavy atom. The Bertz CT molecular complexity index is 631. The first-order valence-corrected chi connectivity index (χ1v) is 8.87. The smallest absolute Gasteiger partial charge is 0.317 e. The average Bonchev–Trinajstić information content (AvgIpc) is 2.91. The number of carbonyl (C=O) groups excluding carboxylic acids is 2. The van der Waals surface area contributed by atoms with E-state index in [-0.39, 0.29) is 18.0 Å². The molecule has 1 aromatic heterocycles. The molecule has 0 bridgehead atoms. The number of piperidine rings is 1. The van der Waals surface area contributed by atoms with Gasteiger partial charge < -0.3 is 15.1 Å². The Hall–Kier alpha value is -2.05. The number of aromatic nitrogens is 2. The minimum Gasteiger partial charge on any atom is -0.337 e. The standard InChI is InChI=1S/C17H27N5O2/c1-12(2)18-17(24)22-10-7-14-13(11-22)15(19-20(14)3)16(23)21-8-5-4-6-9-21/h12H,4-11H2,1-3H3,(H,18,24). The maximum atomic E-state index is 12.9. The Kier molecular flexibility index (Phi) is 4.78. The van der Waals surface area contributed by atoms with Crippen LogP contribution in [0.4, 0.5) is 4.79 Å². The highest BCUT2D eigenvalue weighted by Crippen LogP contribution is 2.24. The Morgan fingerprint density at radius 3 is 2.46 bits per heavy atom. The van der Waals surface area contributed by atoms with Crippen LogP contribution in [0, 0.1) is 0 Å². The van der Waals surface area contributed by atoms with E-state index in [1.807, 2.05) is 30.5 Å². The number of rotatable bonds is 2. The van der Waals surface area contributed by atoms with Crippen molar-refractivity contribution in [2.45, 2.75) is 52.1 Å². The lowest BCUT2D eigenvalue weighted by Gasteiger charge is -2.30. The predicted octanol–water partition coefficient (Wildman–Crippen LogP) is 1.52. The highest BCUT2D eigenvalue weighted by Gasteiger charge is 2.31. The second-order valence-corrected chi connectivity index (χ2v) is 7.03. The lowest BCUT2D eigenvalue weighted by atomic mass is 10.0. The number of amides is 3. The van der Waals surface area contributed by atoms with Crippen LogP contribution in [0.3, 0.4) is 0 Å². The van der Waals surface area contributed by atoms with Gasteiger partial charge in [-0.1, -0.05) is 0 Å². The third kappa shape index (κ3) is 3.25. The van der Waals surface area contributed by atoms with E-state index in [4.69, 9.17) is 0 Å². The molecule has 0 atom stereocenters. The van der Waals surface area contributed by atoms with Gasteiger partial charge in [0.2, 0.25) is 0 Å². The number of aryl methyl sites for hydroxylation is 1. The second kappa shape index (κ2) is 6.83. The van der Waals surface area contributed by atoms with Gasteiger partial charge in [-0.15, -0.1) is 0 Å². The number of nitrogens with one attached hydrogen (secondary N) is 1. The van der Waals surface area contributed by atoms with Crippen LogP contribution in [0.1, 0.15) is 54.9 Å². The van der Waals surface area contributed by atoms with E-state index < -0.39 is 0 Å². The molecule has 0 unspecified atom stereocenters. The van der Waals surface area contributed by atoms with Crippen molar-refractivity contribution in [2.75, 3.05) is 19.6 Å². The molecule has 1 N–H and O–H groups in total. The van der Waals surface area contributed by atoms with Gasteiger partial charge in [0.05, 0.1) is 6.54 Å². The van der Waals surface area contributed by atoms with Crippen molar-refractivity contribution in [3.63, 3.8) is 0 Å². The van der Waals surface area contributed by atoms with Gasteiger partial charge in [-0.2, -0.15) is 5.10 Å². The first kappa shape index (κ1) is 16.8. The summed E-state index contributed by atoms with van der Waals surface area (Å²) in [5.41, 5.74) is 2.51. The highest BCUT2D eigenvalue weighted by atomic mass is 16.2. The summed E-state index contributed by atoms with van der Waals surface area (Å²) in [6.45, 7) is 6.62. The van der Waals surface area contributed by atoms with E-state index in [0.717, 1.165) is 43.6 Å². The summed E-state index contributed by atoms with van der Waals surface area (Å²) in [4.78, 5) is 28.8.